The van der Waals surface area contributed by atoms with Crippen molar-refractivity contribution in [3.8, 4) is 6.01 Å². The molecule has 0 aliphatic rings. The molecule has 1 rings (SSSR count). The molecule has 0 aromatic carbocycles. The van der Waals surface area contributed by atoms with Gasteiger partial charge >= 0.3 is 6.01 Å². The molecule has 1 aromatic heterocycles. The summed E-state index contributed by atoms with van der Waals surface area (Å²) < 4.78 is 10.0. The average molecular weight is 257 g/mol. The van der Waals surface area contributed by atoms with E-state index in [1.54, 1.807) is 7.05 Å². The topological polar surface area (TPSA) is 101 Å². The van der Waals surface area contributed by atoms with Crippen molar-refractivity contribution < 1.29 is 14.6 Å². The van der Waals surface area contributed by atoms with Crippen LogP contribution in [0.1, 0.15) is 6.92 Å². The predicted octanol–water partition coefficient (Wildman–Crippen LogP) is -0.269. The minimum atomic E-state index is -0.625. The molecular weight excluding hydrogens is 238 g/mol. The Kier molecular flexibility index (Phi) is 6.09. The molecule has 8 heteroatoms. The SMILES string of the molecule is CCOc1nc(NC)nc(NCC(O)COC)n1. The highest BCUT2D eigenvalue weighted by Crippen LogP contribution is 2.10. The van der Waals surface area contributed by atoms with Crippen LogP contribution in [0, 0.1) is 0 Å². The standard InChI is InChI=1S/C10H19N5O3/c1-4-18-10-14-8(11-2)13-9(15-10)12-5-7(16)6-17-3/h7,16H,4-6H2,1-3H3,(H2,11,12,13,14,15). The lowest BCUT2D eigenvalue weighted by molar-refractivity contribution is 0.0726. The number of nitrogens with one attached hydrogen (secondary N) is 2. The Morgan fingerprint density at radius 1 is 1.28 bits per heavy atom. The quantitative estimate of drug-likeness (QED) is 0.585. The number of nitrogens with zero attached hydrogens (tertiary/aromatic N) is 3. The first kappa shape index (κ1) is 14.4. The minimum absolute atomic E-state index is 0.237. The summed E-state index contributed by atoms with van der Waals surface area (Å²) >= 11 is 0. The van der Waals surface area contributed by atoms with Crippen LogP contribution >= 0.6 is 0 Å². The van der Waals surface area contributed by atoms with Crippen LogP contribution in [0.5, 0.6) is 6.01 Å². The number of aliphatic hydroxyl groups excluding tert-OH is 1. The van der Waals surface area contributed by atoms with Gasteiger partial charge in [-0.05, 0) is 6.92 Å². The molecule has 0 spiro atoms. The molecule has 1 atom stereocenters. The van der Waals surface area contributed by atoms with Crippen LogP contribution in [-0.4, -0.2) is 60.1 Å². The molecule has 0 aliphatic heterocycles. The zero-order valence-corrected chi connectivity index (χ0v) is 10.8. The van der Waals surface area contributed by atoms with Crippen molar-refractivity contribution in [2.75, 3.05) is 44.5 Å². The van der Waals surface area contributed by atoms with E-state index in [4.69, 9.17) is 9.47 Å². The Morgan fingerprint density at radius 3 is 2.61 bits per heavy atom. The first-order valence-corrected chi connectivity index (χ1v) is 5.67. The van der Waals surface area contributed by atoms with Gasteiger partial charge in [0.25, 0.3) is 0 Å². The number of ether oxygens (including phenoxy) is 2. The second kappa shape index (κ2) is 7.62. The van der Waals surface area contributed by atoms with Crippen molar-refractivity contribution in [3.63, 3.8) is 0 Å². The number of rotatable bonds is 8. The lowest BCUT2D eigenvalue weighted by Gasteiger charge is -2.11. The number of hydrogen-bond acceptors (Lipinski definition) is 8. The van der Waals surface area contributed by atoms with Gasteiger partial charge in [-0.1, -0.05) is 0 Å². The first-order valence-electron chi connectivity index (χ1n) is 5.67. The second-order valence-electron chi connectivity index (χ2n) is 3.44. The van der Waals surface area contributed by atoms with E-state index in [9.17, 15) is 5.11 Å². The lowest BCUT2D eigenvalue weighted by Crippen LogP contribution is -2.25. The summed E-state index contributed by atoms with van der Waals surface area (Å²) in [4.78, 5) is 12.2. The highest BCUT2D eigenvalue weighted by molar-refractivity contribution is 5.35. The van der Waals surface area contributed by atoms with E-state index in [1.165, 1.54) is 7.11 Å². The summed E-state index contributed by atoms with van der Waals surface area (Å²) in [6.45, 7) is 2.85. The number of aromatic nitrogens is 3. The maximum absolute atomic E-state index is 9.50. The summed E-state index contributed by atoms with van der Waals surface area (Å²) in [5.41, 5.74) is 0. The van der Waals surface area contributed by atoms with E-state index in [2.05, 4.69) is 25.6 Å². The third kappa shape index (κ3) is 4.68. The first-order chi connectivity index (χ1) is 8.69. The molecule has 0 bridgehead atoms. The number of aliphatic hydroxyl groups is 1. The molecule has 0 saturated heterocycles. The summed E-state index contributed by atoms with van der Waals surface area (Å²) in [6, 6.07) is 0.237. The Bertz CT molecular complexity index is 363. The summed E-state index contributed by atoms with van der Waals surface area (Å²) in [7, 11) is 3.23. The molecule has 0 saturated carbocycles. The van der Waals surface area contributed by atoms with Crippen molar-refractivity contribution >= 4 is 11.9 Å². The van der Waals surface area contributed by atoms with E-state index in [0.29, 0.717) is 18.5 Å². The Labute approximate surface area is 106 Å². The van der Waals surface area contributed by atoms with Crippen molar-refractivity contribution in [3.05, 3.63) is 0 Å². The zero-order valence-electron chi connectivity index (χ0n) is 10.8. The van der Waals surface area contributed by atoms with Crippen molar-refractivity contribution in [1.82, 2.24) is 15.0 Å². The van der Waals surface area contributed by atoms with E-state index >= 15 is 0 Å². The monoisotopic (exact) mass is 257 g/mol. The third-order valence-corrected chi connectivity index (χ3v) is 1.97. The molecule has 102 valence electrons. The lowest BCUT2D eigenvalue weighted by atomic mass is 10.4. The normalized spacial score (nSPS) is 12.0. The third-order valence-electron chi connectivity index (χ3n) is 1.97. The molecule has 18 heavy (non-hydrogen) atoms. The predicted molar refractivity (Wildman–Crippen MR) is 66.9 cm³/mol. The number of methoxy groups -OCH3 is 1. The molecule has 8 nitrogen and oxygen atoms in total. The van der Waals surface area contributed by atoms with Crippen LogP contribution in [0.15, 0.2) is 0 Å². The highest BCUT2D eigenvalue weighted by Gasteiger charge is 2.08. The van der Waals surface area contributed by atoms with E-state index in [-0.39, 0.29) is 19.2 Å². The van der Waals surface area contributed by atoms with E-state index in [1.807, 2.05) is 6.92 Å². The Balaban J connectivity index is 2.65. The summed E-state index contributed by atoms with van der Waals surface area (Å²) in [5, 5.41) is 15.2. The van der Waals surface area contributed by atoms with Gasteiger partial charge in [0.1, 0.15) is 0 Å². The molecule has 1 aromatic rings. The van der Waals surface area contributed by atoms with Crippen molar-refractivity contribution in [1.29, 1.82) is 0 Å². The van der Waals surface area contributed by atoms with Gasteiger partial charge in [0, 0.05) is 20.7 Å². The molecular formula is C10H19N5O3. The largest absolute Gasteiger partial charge is 0.464 e. The zero-order chi connectivity index (χ0) is 13.4. The Hall–Kier alpha value is -1.67. The van der Waals surface area contributed by atoms with Crippen LogP contribution in [0.4, 0.5) is 11.9 Å². The van der Waals surface area contributed by atoms with Crippen molar-refractivity contribution in [2.45, 2.75) is 13.0 Å². The number of hydrogen-bond donors (Lipinski definition) is 3. The molecule has 3 N–H and O–H groups in total. The van der Waals surface area contributed by atoms with Crippen LogP contribution < -0.4 is 15.4 Å². The van der Waals surface area contributed by atoms with Gasteiger partial charge in [-0.15, -0.1) is 0 Å². The fourth-order valence-corrected chi connectivity index (χ4v) is 1.20. The van der Waals surface area contributed by atoms with Gasteiger partial charge in [0.15, 0.2) is 0 Å². The molecule has 0 amide bonds. The minimum Gasteiger partial charge on any atom is -0.464 e. The van der Waals surface area contributed by atoms with Gasteiger partial charge in [0.05, 0.1) is 19.3 Å². The average Bonchev–Trinajstić information content (AvgIpc) is 2.37. The maximum atomic E-state index is 9.50. The second-order valence-corrected chi connectivity index (χ2v) is 3.44. The van der Waals surface area contributed by atoms with Gasteiger partial charge in [-0.3, -0.25) is 0 Å². The molecule has 0 aliphatic carbocycles. The molecule has 0 radical (unpaired) electrons. The fourth-order valence-electron chi connectivity index (χ4n) is 1.20. The van der Waals surface area contributed by atoms with E-state index in [0.717, 1.165) is 0 Å². The highest BCUT2D eigenvalue weighted by atomic mass is 16.5. The van der Waals surface area contributed by atoms with Gasteiger partial charge in [-0.2, -0.15) is 15.0 Å². The molecule has 1 unspecified atom stereocenters. The van der Waals surface area contributed by atoms with Crippen molar-refractivity contribution in [2.24, 2.45) is 0 Å². The van der Waals surface area contributed by atoms with Gasteiger partial charge < -0.3 is 25.2 Å². The van der Waals surface area contributed by atoms with Crippen LogP contribution in [-0.2, 0) is 4.74 Å². The van der Waals surface area contributed by atoms with Crippen LogP contribution in [0.25, 0.3) is 0 Å². The van der Waals surface area contributed by atoms with E-state index < -0.39 is 6.10 Å². The maximum Gasteiger partial charge on any atom is 0.323 e. The van der Waals surface area contributed by atoms with Crippen LogP contribution in [0.2, 0.25) is 0 Å². The Morgan fingerprint density at radius 2 is 2.00 bits per heavy atom. The van der Waals surface area contributed by atoms with Gasteiger partial charge in [0.2, 0.25) is 11.9 Å². The van der Waals surface area contributed by atoms with Crippen LogP contribution in [0.3, 0.4) is 0 Å². The molecule has 0 fully saturated rings. The fraction of sp³-hybridized carbons (Fsp3) is 0.700. The summed E-state index contributed by atoms with van der Waals surface area (Å²) in [5.74, 6) is 0.741. The smallest absolute Gasteiger partial charge is 0.323 e. The number of anilines is 2. The summed E-state index contributed by atoms with van der Waals surface area (Å²) in [6.07, 6.45) is -0.625. The molecule has 1 heterocycles. The van der Waals surface area contributed by atoms with Gasteiger partial charge in [-0.25, -0.2) is 0 Å².